The highest BCUT2D eigenvalue weighted by atomic mass is 32.2. The van der Waals surface area contributed by atoms with Crippen LogP contribution in [0.15, 0.2) is 64.2 Å². The zero-order valence-corrected chi connectivity index (χ0v) is 25.3. The van der Waals surface area contributed by atoms with Crippen molar-refractivity contribution >= 4 is 38.7 Å². The molecule has 12 heteroatoms. The Kier molecular flexibility index (Phi) is 7.74. The number of carboxylic acid groups (broad SMARTS) is 1. The number of primary sulfonamides is 1. The van der Waals surface area contributed by atoms with Gasteiger partial charge >= 0.3 is 5.97 Å². The molecule has 0 radical (unpaired) electrons. The number of aromatic nitrogens is 3. The Labute approximate surface area is 255 Å². The number of aryl methyl sites for hydroxylation is 1. The van der Waals surface area contributed by atoms with Crippen molar-refractivity contribution in [1.82, 2.24) is 14.5 Å². The molecule has 0 saturated heterocycles. The van der Waals surface area contributed by atoms with Gasteiger partial charge in [0.05, 0.1) is 5.01 Å². The van der Waals surface area contributed by atoms with Crippen LogP contribution in [0.2, 0.25) is 0 Å². The van der Waals surface area contributed by atoms with E-state index in [1.807, 2.05) is 42.6 Å². The Balaban J connectivity index is 1.49. The van der Waals surface area contributed by atoms with Crippen LogP contribution in [-0.2, 0) is 23.0 Å². The van der Waals surface area contributed by atoms with Gasteiger partial charge in [-0.15, -0.1) is 22.7 Å². The molecule has 43 heavy (non-hydrogen) atoms. The van der Waals surface area contributed by atoms with Crippen LogP contribution in [0.1, 0.15) is 50.9 Å². The predicted molar refractivity (Wildman–Crippen MR) is 164 cm³/mol. The lowest BCUT2D eigenvalue weighted by Crippen LogP contribution is -2.14. The van der Waals surface area contributed by atoms with Crippen molar-refractivity contribution in [3.05, 3.63) is 98.3 Å². The van der Waals surface area contributed by atoms with Crippen molar-refractivity contribution in [1.29, 1.82) is 0 Å². The first-order chi connectivity index (χ1) is 20.5. The van der Waals surface area contributed by atoms with E-state index in [9.17, 15) is 22.7 Å². The monoisotopic (exact) mass is 632 g/mol. The van der Waals surface area contributed by atoms with Gasteiger partial charge in [0, 0.05) is 39.8 Å². The molecule has 0 amide bonds. The van der Waals surface area contributed by atoms with Crippen LogP contribution in [0.5, 0.6) is 0 Å². The molecule has 2 aromatic carbocycles. The van der Waals surface area contributed by atoms with E-state index >= 15 is 0 Å². The number of carbonyl (C=O) groups is 1. The summed E-state index contributed by atoms with van der Waals surface area (Å²) < 4.78 is 40.6. The summed E-state index contributed by atoms with van der Waals surface area (Å²) in [5, 5.41) is 19.6. The fraction of sp³-hybridized carbons (Fsp3) is 0.194. The number of nitrogens with zero attached hydrogens (tertiary/aromatic N) is 3. The lowest BCUT2D eigenvalue weighted by molar-refractivity contribution is 0.0691. The van der Waals surface area contributed by atoms with Crippen LogP contribution in [0.25, 0.3) is 21.8 Å². The van der Waals surface area contributed by atoms with Crippen molar-refractivity contribution in [3.8, 4) is 33.7 Å². The van der Waals surface area contributed by atoms with Crippen LogP contribution in [0.3, 0.4) is 0 Å². The fourth-order valence-corrected chi connectivity index (χ4v) is 6.84. The summed E-state index contributed by atoms with van der Waals surface area (Å²) in [6, 6.07) is 13.7. The van der Waals surface area contributed by atoms with E-state index in [1.165, 1.54) is 40.2 Å². The molecule has 8 nitrogen and oxygen atoms in total. The van der Waals surface area contributed by atoms with E-state index < -0.39 is 26.7 Å². The second kappa shape index (κ2) is 11.5. The van der Waals surface area contributed by atoms with Crippen LogP contribution < -0.4 is 5.14 Å². The van der Waals surface area contributed by atoms with E-state index in [4.69, 9.17) is 5.14 Å². The van der Waals surface area contributed by atoms with E-state index in [0.29, 0.717) is 22.2 Å². The quantitative estimate of drug-likeness (QED) is 0.204. The Morgan fingerprint density at radius 2 is 1.93 bits per heavy atom. The number of benzene rings is 2. The Morgan fingerprint density at radius 3 is 2.58 bits per heavy atom. The number of carboxylic acids is 1. The molecule has 0 unspecified atom stereocenters. The fourth-order valence-electron chi connectivity index (χ4n) is 4.87. The van der Waals surface area contributed by atoms with Crippen LogP contribution in [0.4, 0.5) is 4.39 Å². The van der Waals surface area contributed by atoms with Crippen molar-refractivity contribution < 1.29 is 22.7 Å². The number of hydrogen-bond acceptors (Lipinski definition) is 7. The molecule has 1 aliphatic rings. The minimum Gasteiger partial charge on any atom is -0.476 e. The topological polar surface area (TPSA) is 128 Å². The lowest BCUT2D eigenvalue weighted by Gasteiger charge is -2.16. The highest BCUT2D eigenvalue weighted by molar-refractivity contribution is 7.89. The zero-order chi connectivity index (χ0) is 30.3. The van der Waals surface area contributed by atoms with Gasteiger partial charge in [0.15, 0.2) is 5.69 Å². The van der Waals surface area contributed by atoms with E-state index in [0.717, 1.165) is 52.3 Å². The highest BCUT2D eigenvalue weighted by Gasteiger charge is 2.28. The van der Waals surface area contributed by atoms with Gasteiger partial charge in [-0.2, -0.15) is 0 Å². The molecule has 1 saturated carbocycles. The molecule has 218 valence electrons. The predicted octanol–water partition coefficient (Wildman–Crippen LogP) is 5.93. The Hall–Kier alpha value is -4.15. The molecule has 3 N–H and O–H groups in total. The maximum Gasteiger partial charge on any atom is 0.355 e. The first-order valence-corrected chi connectivity index (χ1v) is 16.6. The van der Waals surface area contributed by atoms with E-state index in [1.54, 1.807) is 6.07 Å². The molecule has 0 aliphatic heterocycles. The van der Waals surface area contributed by atoms with Gasteiger partial charge in [-0.05, 0) is 79.5 Å². The van der Waals surface area contributed by atoms with E-state index in [2.05, 4.69) is 26.4 Å². The minimum atomic E-state index is -4.21. The standard InChI is InChI=1S/C31H25FN4O4S3/c1-18-34-23(16-41-18)9-7-19-3-2-4-22(11-19)27-14-24(30-35-26(17-42-30)31(37)38)28(13-20-5-6-20)36(27)15-21-8-10-29(25(32)12-21)43(33,39)40/h2-4,8,10-12,14,16-17,20H,5-6,13,15H2,1H3,(H,37,38)(H2,33,39,40). The Bertz CT molecular complexity index is 2050. The second-order valence-electron chi connectivity index (χ2n) is 10.4. The number of sulfonamides is 1. The summed E-state index contributed by atoms with van der Waals surface area (Å²) in [5.74, 6) is 4.74. The molecule has 6 rings (SSSR count). The summed E-state index contributed by atoms with van der Waals surface area (Å²) >= 11 is 2.80. The van der Waals surface area contributed by atoms with Crippen molar-refractivity contribution in [3.63, 3.8) is 0 Å². The number of thiazole rings is 2. The van der Waals surface area contributed by atoms with Gasteiger partial charge in [-0.25, -0.2) is 32.7 Å². The summed E-state index contributed by atoms with van der Waals surface area (Å²) in [6.45, 7) is 2.17. The molecule has 0 atom stereocenters. The van der Waals surface area contributed by atoms with Gasteiger partial charge < -0.3 is 9.67 Å². The van der Waals surface area contributed by atoms with Gasteiger partial charge in [-0.3, -0.25) is 0 Å². The third-order valence-corrected chi connectivity index (χ3v) is 9.69. The maximum absolute atomic E-state index is 14.9. The molecular formula is C31H25FN4O4S3. The molecule has 3 aromatic heterocycles. The summed E-state index contributed by atoms with van der Waals surface area (Å²) in [6.07, 6.45) is 2.89. The first-order valence-electron chi connectivity index (χ1n) is 13.3. The lowest BCUT2D eigenvalue weighted by atomic mass is 10.1. The first kappa shape index (κ1) is 28.9. The SMILES string of the molecule is Cc1nc(C#Cc2cccc(-c3cc(-c4nc(C(=O)O)cs4)c(CC4CC4)n3Cc3ccc(S(N)(=O)=O)c(F)c3)c2)cs1. The third kappa shape index (κ3) is 6.45. The molecular weight excluding hydrogens is 608 g/mol. The van der Waals surface area contributed by atoms with Crippen molar-refractivity contribution in [2.24, 2.45) is 11.1 Å². The van der Waals surface area contributed by atoms with Gasteiger partial charge in [0.25, 0.3) is 0 Å². The molecule has 1 aliphatic carbocycles. The molecule has 3 heterocycles. The second-order valence-corrected chi connectivity index (χ2v) is 13.8. The molecule has 0 spiro atoms. The van der Waals surface area contributed by atoms with Crippen LogP contribution in [-0.4, -0.2) is 34.0 Å². The summed E-state index contributed by atoms with van der Waals surface area (Å²) in [7, 11) is -4.21. The minimum absolute atomic E-state index is 0.0260. The Morgan fingerprint density at radius 1 is 1.12 bits per heavy atom. The average molecular weight is 633 g/mol. The van der Waals surface area contributed by atoms with Crippen LogP contribution >= 0.6 is 22.7 Å². The summed E-state index contributed by atoms with van der Waals surface area (Å²) in [4.78, 5) is 19.9. The van der Waals surface area contributed by atoms with Crippen LogP contribution in [0, 0.1) is 30.5 Å². The zero-order valence-electron chi connectivity index (χ0n) is 22.9. The number of aromatic carboxylic acids is 1. The van der Waals surface area contributed by atoms with Gasteiger partial charge in [0.1, 0.15) is 21.4 Å². The smallest absolute Gasteiger partial charge is 0.355 e. The number of nitrogens with two attached hydrogens (primary N) is 1. The van der Waals surface area contributed by atoms with E-state index in [-0.39, 0.29) is 12.2 Å². The highest BCUT2D eigenvalue weighted by Crippen LogP contribution is 2.41. The van der Waals surface area contributed by atoms with Gasteiger partial charge in [-0.1, -0.05) is 24.1 Å². The van der Waals surface area contributed by atoms with Crippen molar-refractivity contribution in [2.45, 2.75) is 37.6 Å². The molecule has 5 aromatic rings. The molecule has 0 bridgehead atoms. The number of hydrogen-bond donors (Lipinski definition) is 2. The normalized spacial score (nSPS) is 13.1. The van der Waals surface area contributed by atoms with Gasteiger partial charge in [0.2, 0.25) is 10.0 Å². The summed E-state index contributed by atoms with van der Waals surface area (Å²) in [5.41, 5.74) is 5.46. The number of rotatable bonds is 8. The van der Waals surface area contributed by atoms with Crippen molar-refractivity contribution in [2.75, 3.05) is 0 Å². The third-order valence-electron chi connectivity index (χ3n) is 7.10. The molecule has 1 fully saturated rings. The largest absolute Gasteiger partial charge is 0.476 e. The average Bonchev–Trinajstić information content (AvgIpc) is 3.30. The maximum atomic E-state index is 14.9. The number of halogens is 1.